The number of nitrogens with one attached hydrogen (secondary N) is 1. The Balaban J connectivity index is 1.64. The second kappa shape index (κ2) is 9.65. The van der Waals surface area contributed by atoms with E-state index in [0.717, 1.165) is 36.4 Å². The van der Waals surface area contributed by atoms with Crippen molar-refractivity contribution >= 4 is 23.4 Å². The molecule has 0 spiro atoms. The average molecular weight is 410 g/mol. The number of benzene rings is 2. The zero-order valence-electron chi connectivity index (χ0n) is 18.1. The van der Waals surface area contributed by atoms with E-state index in [4.69, 9.17) is 4.74 Å². The summed E-state index contributed by atoms with van der Waals surface area (Å²) in [5, 5.41) is 2.98. The number of hydrogen-bond donors (Lipinski definition) is 1. The minimum Gasteiger partial charge on any atom is -0.445 e. The van der Waals surface area contributed by atoms with Gasteiger partial charge >= 0.3 is 6.09 Å². The molecule has 160 valence electrons. The molecule has 1 fully saturated rings. The van der Waals surface area contributed by atoms with Gasteiger partial charge in [0.15, 0.2) is 0 Å². The van der Waals surface area contributed by atoms with E-state index in [1.807, 2.05) is 61.5 Å². The lowest BCUT2D eigenvalue weighted by Gasteiger charge is -2.33. The molecule has 3 rings (SSSR count). The lowest BCUT2D eigenvalue weighted by Crippen LogP contribution is -2.53. The molecule has 0 saturated carbocycles. The van der Waals surface area contributed by atoms with Gasteiger partial charge < -0.3 is 15.0 Å². The first-order valence-electron chi connectivity index (χ1n) is 10.6. The highest BCUT2D eigenvalue weighted by Crippen LogP contribution is 2.31. The maximum absolute atomic E-state index is 13.1. The monoisotopic (exact) mass is 409 g/mol. The Morgan fingerprint density at radius 2 is 1.73 bits per heavy atom. The fourth-order valence-electron chi connectivity index (χ4n) is 3.90. The fourth-order valence-corrected chi connectivity index (χ4v) is 3.90. The summed E-state index contributed by atoms with van der Waals surface area (Å²) < 4.78 is 5.48. The second-order valence-electron chi connectivity index (χ2n) is 7.74. The summed E-state index contributed by atoms with van der Waals surface area (Å²) in [4.78, 5) is 29.6. The molecule has 6 nitrogen and oxygen atoms in total. The Morgan fingerprint density at radius 3 is 2.37 bits per heavy atom. The van der Waals surface area contributed by atoms with E-state index >= 15 is 0 Å². The van der Waals surface area contributed by atoms with Crippen LogP contribution in [0.25, 0.3) is 0 Å². The molecule has 2 aromatic carbocycles. The van der Waals surface area contributed by atoms with Crippen molar-refractivity contribution in [3.05, 3.63) is 60.2 Å². The molecule has 1 aliphatic rings. The van der Waals surface area contributed by atoms with E-state index in [9.17, 15) is 9.59 Å². The van der Waals surface area contributed by atoms with Crippen LogP contribution in [0, 0.1) is 0 Å². The standard InChI is InChI=1S/C24H31N3O3/c1-4-26(5-2)21-14-12-20(13-15-21)25-22(28)24(3)16-9-17-27(24)23(29)30-18-19-10-7-6-8-11-19/h6-8,10-15H,4-5,9,16-18H2,1-3H3,(H,25,28). The van der Waals surface area contributed by atoms with Crippen molar-refractivity contribution in [1.29, 1.82) is 0 Å². The predicted octanol–water partition coefficient (Wildman–Crippen LogP) is 4.66. The van der Waals surface area contributed by atoms with Gasteiger partial charge in [-0.3, -0.25) is 9.69 Å². The van der Waals surface area contributed by atoms with Gasteiger partial charge in [0.25, 0.3) is 0 Å². The number of hydrogen-bond acceptors (Lipinski definition) is 4. The van der Waals surface area contributed by atoms with Crippen molar-refractivity contribution in [2.24, 2.45) is 0 Å². The van der Waals surface area contributed by atoms with Crippen LogP contribution in [0.15, 0.2) is 54.6 Å². The molecule has 30 heavy (non-hydrogen) atoms. The number of anilines is 2. The van der Waals surface area contributed by atoms with Crippen LogP contribution in [0.3, 0.4) is 0 Å². The lowest BCUT2D eigenvalue weighted by molar-refractivity contribution is -0.125. The maximum atomic E-state index is 13.1. The summed E-state index contributed by atoms with van der Waals surface area (Å²) in [5.74, 6) is -0.188. The molecule has 0 aromatic heterocycles. The molecule has 1 heterocycles. The van der Waals surface area contributed by atoms with Crippen molar-refractivity contribution in [2.45, 2.75) is 45.8 Å². The van der Waals surface area contributed by atoms with Crippen LogP contribution >= 0.6 is 0 Å². The molecule has 1 unspecified atom stereocenters. The molecule has 0 aliphatic carbocycles. The van der Waals surface area contributed by atoms with E-state index in [1.165, 1.54) is 0 Å². The van der Waals surface area contributed by atoms with Gasteiger partial charge in [0.1, 0.15) is 12.1 Å². The molecule has 1 N–H and O–H groups in total. The van der Waals surface area contributed by atoms with Crippen LogP contribution in [0.2, 0.25) is 0 Å². The van der Waals surface area contributed by atoms with Gasteiger partial charge in [0.05, 0.1) is 0 Å². The number of likely N-dealkylation sites (tertiary alicyclic amines) is 1. The SMILES string of the molecule is CCN(CC)c1ccc(NC(=O)C2(C)CCCN2C(=O)OCc2ccccc2)cc1. The highest BCUT2D eigenvalue weighted by atomic mass is 16.6. The van der Waals surface area contributed by atoms with E-state index in [2.05, 4.69) is 24.1 Å². The zero-order valence-corrected chi connectivity index (χ0v) is 18.1. The molecule has 1 saturated heterocycles. The lowest BCUT2D eigenvalue weighted by atomic mass is 9.97. The van der Waals surface area contributed by atoms with Gasteiger partial charge in [-0.2, -0.15) is 0 Å². The fraction of sp³-hybridized carbons (Fsp3) is 0.417. The Hall–Kier alpha value is -3.02. The van der Waals surface area contributed by atoms with E-state index in [1.54, 1.807) is 4.90 Å². The van der Waals surface area contributed by atoms with Crippen LogP contribution < -0.4 is 10.2 Å². The molecular weight excluding hydrogens is 378 g/mol. The van der Waals surface area contributed by atoms with Crippen molar-refractivity contribution in [3.63, 3.8) is 0 Å². The number of carbonyl (C=O) groups is 2. The van der Waals surface area contributed by atoms with Gasteiger partial charge in [0, 0.05) is 31.0 Å². The van der Waals surface area contributed by atoms with Crippen molar-refractivity contribution in [2.75, 3.05) is 29.9 Å². The Labute approximate surface area is 178 Å². The Morgan fingerprint density at radius 1 is 1.07 bits per heavy atom. The quantitative estimate of drug-likeness (QED) is 0.722. The highest BCUT2D eigenvalue weighted by Gasteiger charge is 2.46. The first-order chi connectivity index (χ1) is 14.5. The minimum atomic E-state index is -0.925. The number of ether oxygens (including phenoxy) is 1. The molecule has 1 atom stereocenters. The number of nitrogens with zero attached hydrogens (tertiary/aromatic N) is 2. The summed E-state index contributed by atoms with van der Waals surface area (Å²) in [6, 6.07) is 17.4. The van der Waals surface area contributed by atoms with Crippen LogP contribution in [-0.2, 0) is 16.1 Å². The minimum absolute atomic E-state index is 0.188. The molecular formula is C24H31N3O3. The van der Waals surface area contributed by atoms with Crippen LogP contribution in [0.1, 0.15) is 39.2 Å². The van der Waals surface area contributed by atoms with Crippen molar-refractivity contribution < 1.29 is 14.3 Å². The van der Waals surface area contributed by atoms with Gasteiger partial charge in [-0.25, -0.2) is 4.79 Å². The number of carbonyl (C=O) groups excluding carboxylic acids is 2. The topological polar surface area (TPSA) is 61.9 Å². The Bertz CT molecular complexity index is 850. The molecule has 0 radical (unpaired) electrons. The predicted molar refractivity (Wildman–Crippen MR) is 120 cm³/mol. The van der Waals surface area contributed by atoms with Gasteiger partial charge in [-0.1, -0.05) is 30.3 Å². The summed E-state index contributed by atoms with van der Waals surface area (Å²) in [6.07, 6.45) is 0.924. The summed E-state index contributed by atoms with van der Waals surface area (Å²) >= 11 is 0. The van der Waals surface area contributed by atoms with Crippen molar-refractivity contribution in [3.8, 4) is 0 Å². The Kier molecular flexibility index (Phi) is 6.98. The second-order valence-corrected chi connectivity index (χ2v) is 7.74. The maximum Gasteiger partial charge on any atom is 0.410 e. The normalized spacial score (nSPS) is 18.2. The highest BCUT2D eigenvalue weighted by molar-refractivity contribution is 6.00. The van der Waals surface area contributed by atoms with Crippen LogP contribution in [-0.4, -0.2) is 42.1 Å². The largest absolute Gasteiger partial charge is 0.445 e. The first-order valence-corrected chi connectivity index (χ1v) is 10.6. The number of rotatable bonds is 7. The zero-order chi connectivity index (χ0) is 21.6. The summed E-state index contributed by atoms with van der Waals surface area (Å²) in [6.45, 7) is 8.61. The molecule has 2 aromatic rings. The third kappa shape index (κ3) is 4.75. The molecule has 6 heteroatoms. The summed E-state index contributed by atoms with van der Waals surface area (Å²) in [7, 11) is 0. The van der Waals surface area contributed by atoms with Crippen LogP contribution in [0.4, 0.5) is 16.2 Å². The van der Waals surface area contributed by atoms with E-state index in [0.29, 0.717) is 13.0 Å². The molecule has 2 amide bonds. The number of amides is 2. The molecule has 0 bridgehead atoms. The van der Waals surface area contributed by atoms with Gasteiger partial charge in [-0.05, 0) is 63.4 Å². The summed E-state index contributed by atoms with van der Waals surface area (Å²) in [5.41, 5.74) is 1.84. The van der Waals surface area contributed by atoms with E-state index in [-0.39, 0.29) is 12.5 Å². The average Bonchev–Trinajstić information content (AvgIpc) is 3.18. The van der Waals surface area contributed by atoms with Crippen molar-refractivity contribution in [1.82, 2.24) is 4.90 Å². The first kappa shape index (κ1) is 21.7. The molecule has 1 aliphatic heterocycles. The smallest absolute Gasteiger partial charge is 0.410 e. The van der Waals surface area contributed by atoms with Gasteiger partial charge in [-0.15, -0.1) is 0 Å². The van der Waals surface area contributed by atoms with Crippen LogP contribution in [0.5, 0.6) is 0 Å². The third-order valence-corrected chi connectivity index (χ3v) is 5.81. The van der Waals surface area contributed by atoms with Gasteiger partial charge in [0.2, 0.25) is 5.91 Å². The third-order valence-electron chi connectivity index (χ3n) is 5.81. The van der Waals surface area contributed by atoms with E-state index < -0.39 is 11.6 Å².